The predicted molar refractivity (Wildman–Crippen MR) is 85.5 cm³/mol. The Morgan fingerprint density at radius 1 is 0.957 bits per heavy atom. The molecule has 0 bridgehead atoms. The number of carbonyl (C=O) groups is 2. The van der Waals surface area contributed by atoms with E-state index < -0.39 is 11.9 Å². The van der Waals surface area contributed by atoms with Gasteiger partial charge in [0.05, 0.1) is 0 Å². The molecule has 0 aromatic heterocycles. The van der Waals surface area contributed by atoms with E-state index in [1.165, 1.54) is 0 Å². The molecule has 0 radical (unpaired) electrons. The van der Waals surface area contributed by atoms with Gasteiger partial charge in [0.15, 0.2) is 6.61 Å². The molecule has 2 rings (SSSR count). The normalized spacial score (nSPS) is 9.96. The molecular formula is C18H16O5. The van der Waals surface area contributed by atoms with Crippen LogP contribution in [-0.4, -0.2) is 23.7 Å². The van der Waals surface area contributed by atoms with Gasteiger partial charge in [-0.05, 0) is 42.3 Å². The van der Waals surface area contributed by atoms with Crippen molar-refractivity contribution in [3.8, 4) is 22.6 Å². The molecular weight excluding hydrogens is 296 g/mol. The number of hydrogen-bond acceptors (Lipinski definition) is 4. The Morgan fingerprint density at radius 2 is 1.43 bits per heavy atom. The van der Waals surface area contributed by atoms with E-state index in [-0.39, 0.29) is 6.61 Å². The molecule has 0 aliphatic rings. The van der Waals surface area contributed by atoms with Crippen LogP contribution in [0.5, 0.6) is 11.5 Å². The molecule has 0 saturated heterocycles. The number of aliphatic carboxylic acids is 1. The zero-order valence-corrected chi connectivity index (χ0v) is 12.6. The van der Waals surface area contributed by atoms with E-state index in [4.69, 9.17) is 14.6 Å². The number of ether oxygens (including phenoxy) is 2. The molecule has 0 aliphatic heterocycles. The third kappa shape index (κ3) is 4.71. The van der Waals surface area contributed by atoms with Gasteiger partial charge in [-0.2, -0.15) is 0 Å². The summed E-state index contributed by atoms with van der Waals surface area (Å²) in [5, 5.41) is 8.56. The Morgan fingerprint density at radius 3 is 1.87 bits per heavy atom. The van der Waals surface area contributed by atoms with Crippen LogP contribution in [0.4, 0.5) is 0 Å². The predicted octanol–water partition coefficient (Wildman–Crippen LogP) is 3.30. The fourth-order valence-electron chi connectivity index (χ4n) is 1.80. The highest BCUT2D eigenvalue weighted by Crippen LogP contribution is 2.24. The molecule has 0 saturated carbocycles. The van der Waals surface area contributed by atoms with Crippen LogP contribution in [0.2, 0.25) is 0 Å². The average molecular weight is 312 g/mol. The minimum Gasteiger partial charge on any atom is -0.482 e. The monoisotopic (exact) mass is 312 g/mol. The maximum absolute atomic E-state index is 11.4. The smallest absolute Gasteiger partial charge is 0.341 e. The number of carboxylic acids is 1. The van der Waals surface area contributed by atoms with Crippen LogP contribution in [0, 0.1) is 0 Å². The molecule has 0 amide bonds. The van der Waals surface area contributed by atoms with E-state index in [0.29, 0.717) is 17.1 Å². The molecule has 0 unspecified atom stereocenters. The van der Waals surface area contributed by atoms with E-state index in [1.807, 2.05) is 24.3 Å². The number of rotatable bonds is 6. The number of esters is 1. The summed E-state index contributed by atoms with van der Waals surface area (Å²) in [6.45, 7) is 4.74. The highest BCUT2D eigenvalue weighted by Gasteiger charge is 2.06. The fraction of sp³-hybridized carbons (Fsp3) is 0.111. The molecule has 1 N–H and O–H groups in total. The Kier molecular flexibility index (Phi) is 5.15. The van der Waals surface area contributed by atoms with E-state index in [0.717, 1.165) is 11.1 Å². The van der Waals surface area contributed by atoms with Crippen molar-refractivity contribution in [1.82, 2.24) is 0 Å². The SMILES string of the molecule is C=C(C)C(=O)Oc1ccc(-c2ccc(OCC(=O)O)cc2)cc1. The van der Waals surface area contributed by atoms with Crippen LogP contribution in [0.15, 0.2) is 60.7 Å². The second-order valence-electron chi connectivity index (χ2n) is 4.90. The Labute approximate surface area is 133 Å². The number of carboxylic acid groups (broad SMARTS) is 1. The van der Waals surface area contributed by atoms with Gasteiger partial charge < -0.3 is 14.6 Å². The second-order valence-corrected chi connectivity index (χ2v) is 4.90. The van der Waals surface area contributed by atoms with Gasteiger partial charge in [0.1, 0.15) is 11.5 Å². The maximum Gasteiger partial charge on any atom is 0.341 e. The zero-order valence-electron chi connectivity index (χ0n) is 12.6. The van der Waals surface area contributed by atoms with Crippen molar-refractivity contribution in [2.45, 2.75) is 6.92 Å². The van der Waals surface area contributed by atoms with Crippen LogP contribution >= 0.6 is 0 Å². The third-order valence-electron chi connectivity index (χ3n) is 2.96. The highest BCUT2D eigenvalue weighted by atomic mass is 16.5. The van der Waals surface area contributed by atoms with Crippen molar-refractivity contribution in [3.05, 3.63) is 60.7 Å². The summed E-state index contributed by atoms with van der Waals surface area (Å²) in [5.74, 6) is -0.544. The first kappa shape index (κ1) is 16.3. The average Bonchev–Trinajstić information content (AvgIpc) is 2.54. The lowest BCUT2D eigenvalue weighted by Crippen LogP contribution is -2.09. The Hall–Kier alpha value is -3.08. The summed E-state index contributed by atoms with van der Waals surface area (Å²) in [5.41, 5.74) is 2.21. The topological polar surface area (TPSA) is 72.8 Å². The van der Waals surface area contributed by atoms with Gasteiger partial charge in [-0.15, -0.1) is 0 Å². The van der Waals surface area contributed by atoms with E-state index in [2.05, 4.69) is 6.58 Å². The molecule has 0 aliphatic carbocycles. The largest absolute Gasteiger partial charge is 0.482 e. The van der Waals surface area contributed by atoms with Crippen molar-refractivity contribution in [2.24, 2.45) is 0 Å². The molecule has 2 aromatic rings. The van der Waals surface area contributed by atoms with Crippen molar-refractivity contribution >= 4 is 11.9 Å². The van der Waals surface area contributed by atoms with Crippen molar-refractivity contribution in [3.63, 3.8) is 0 Å². The van der Waals surface area contributed by atoms with E-state index in [1.54, 1.807) is 31.2 Å². The van der Waals surface area contributed by atoms with Crippen molar-refractivity contribution < 1.29 is 24.2 Å². The second kappa shape index (κ2) is 7.26. The summed E-state index contributed by atoms with van der Waals surface area (Å²) in [6.07, 6.45) is 0. The van der Waals surface area contributed by atoms with Gasteiger partial charge in [-0.25, -0.2) is 9.59 Å². The van der Waals surface area contributed by atoms with Gasteiger partial charge in [0, 0.05) is 5.57 Å². The summed E-state index contributed by atoms with van der Waals surface area (Å²) in [7, 11) is 0. The van der Waals surface area contributed by atoms with Crippen LogP contribution in [0.25, 0.3) is 11.1 Å². The van der Waals surface area contributed by atoms with Gasteiger partial charge in [-0.3, -0.25) is 0 Å². The summed E-state index contributed by atoms with van der Waals surface area (Å²) >= 11 is 0. The molecule has 0 atom stereocenters. The number of benzene rings is 2. The lowest BCUT2D eigenvalue weighted by atomic mass is 10.1. The minimum absolute atomic E-state index is 0.339. The molecule has 2 aromatic carbocycles. The van der Waals surface area contributed by atoms with Crippen LogP contribution in [-0.2, 0) is 9.59 Å². The van der Waals surface area contributed by atoms with Crippen LogP contribution in [0.3, 0.4) is 0 Å². The Balaban J connectivity index is 2.05. The lowest BCUT2D eigenvalue weighted by Gasteiger charge is -2.07. The molecule has 0 heterocycles. The fourth-order valence-corrected chi connectivity index (χ4v) is 1.80. The van der Waals surface area contributed by atoms with E-state index >= 15 is 0 Å². The number of hydrogen-bond donors (Lipinski definition) is 1. The minimum atomic E-state index is -1.02. The Bertz CT molecular complexity index is 714. The number of carbonyl (C=O) groups excluding carboxylic acids is 1. The highest BCUT2D eigenvalue weighted by molar-refractivity contribution is 5.88. The summed E-state index contributed by atoms with van der Waals surface area (Å²) in [4.78, 5) is 21.9. The maximum atomic E-state index is 11.4. The van der Waals surface area contributed by atoms with Crippen molar-refractivity contribution in [1.29, 1.82) is 0 Å². The standard InChI is InChI=1S/C18H16O5/c1-12(2)18(21)23-16-9-5-14(6-10-16)13-3-7-15(8-4-13)22-11-17(19)20/h3-10H,1,11H2,2H3,(H,19,20). The quantitative estimate of drug-likeness (QED) is 0.503. The van der Waals surface area contributed by atoms with Gasteiger partial charge in [0.25, 0.3) is 0 Å². The van der Waals surface area contributed by atoms with Crippen LogP contribution < -0.4 is 9.47 Å². The molecule has 118 valence electrons. The first-order chi connectivity index (χ1) is 11.0. The van der Waals surface area contributed by atoms with Crippen LogP contribution in [0.1, 0.15) is 6.92 Å². The van der Waals surface area contributed by atoms with E-state index in [9.17, 15) is 9.59 Å². The molecule has 0 fully saturated rings. The van der Waals surface area contributed by atoms with Gasteiger partial charge in [0.2, 0.25) is 0 Å². The third-order valence-corrected chi connectivity index (χ3v) is 2.96. The lowest BCUT2D eigenvalue weighted by molar-refractivity contribution is -0.139. The molecule has 5 heteroatoms. The summed E-state index contributed by atoms with van der Waals surface area (Å²) < 4.78 is 10.2. The zero-order chi connectivity index (χ0) is 16.8. The molecule has 23 heavy (non-hydrogen) atoms. The van der Waals surface area contributed by atoms with Gasteiger partial charge >= 0.3 is 11.9 Å². The first-order valence-electron chi connectivity index (χ1n) is 6.88. The molecule has 5 nitrogen and oxygen atoms in total. The molecule has 0 spiro atoms. The first-order valence-corrected chi connectivity index (χ1v) is 6.88. The summed E-state index contributed by atoms with van der Waals surface area (Å²) in [6, 6.07) is 14.1. The van der Waals surface area contributed by atoms with Gasteiger partial charge in [-0.1, -0.05) is 30.8 Å². The van der Waals surface area contributed by atoms with Crippen molar-refractivity contribution in [2.75, 3.05) is 6.61 Å².